The van der Waals surface area contributed by atoms with Gasteiger partial charge in [0, 0.05) is 22.2 Å². The number of thiazole rings is 1. The van der Waals surface area contributed by atoms with Crippen LogP contribution in [-0.4, -0.2) is 11.0 Å². The van der Waals surface area contributed by atoms with Crippen molar-refractivity contribution in [2.75, 3.05) is 0 Å². The Kier molecular flexibility index (Phi) is 6.44. The number of nitrogens with zero attached hydrogens (tertiary/aromatic N) is 2. The molecule has 0 aliphatic rings. The molecule has 7 heteroatoms. The van der Waals surface area contributed by atoms with E-state index in [9.17, 15) is 10.1 Å². The second-order valence-electron chi connectivity index (χ2n) is 7.60. The summed E-state index contributed by atoms with van der Waals surface area (Å²) in [5.74, 6) is 0.724. The maximum atomic E-state index is 12.4. The zero-order chi connectivity index (χ0) is 24.2. The number of hydrogen-bond donors (Lipinski definition) is 0. The average molecular weight is 497 g/mol. The molecule has 0 bridgehead atoms. The summed E-state index contributed by atoms with van der Waals surface area (Å²) >= 11 is 7.58. The molecule has 0 radical (unpaired) electrons. The highest BCUT2D eigenvalue weighted by Gasteiger charge is 2.12. The summed E-state index contributed by atoms with van der Waals surface area (Å²) in [5.41, 5.74) is 3.27. The van der Waals surface area contributed by atoms with Crippen molar-refractivity contribution in [2.45, 2.75) is 6.61 Å². The predicted octanol–water partition coefficient (Wildman–Crippen LogP) is 7.63. The molecular weight excluding hydrogens is 480 g/mol. The Hall–Kier alpha value is -4.18. The maximum Gasteiger partial charge on any atom is 0.338 e. The zero-order valence-electron chi connectivity index (χ0n) is 18.3. The molecule has 3 aromatic carbocycles. The molecule has 5 aromatic rings. The van der Waals surface area contributed by atoms with Gasteiger partial charge in [0.15, 0.2) is 0 Å². The molecule has 2 heterocycles. The summed E-state index contributed by atoms with van der Waals surface area (Å²) < 4.78 is 12.3. The van der Waals surface area contributed by atoms with E-state index >= 15 is 0 Å². The minimum atomic E-state index is -0.436. The lowest BCUT2D eigenvalue weighted by molar-refractivity contribution is 0.0473. The SMILES string of the molecule is N#C/C(=C/c1ccc(-c2ccc(C(=O)OCc3ccccc3Cl)cc2)o1)c1nc2ccccc2s1. The van der Waals surface area contributed by atoms with Gasteiger partial charge in [0.05, 0.1) is 21.4 Å². The fourth-order valence-electron chi connectivity index (χ4n) is 3.47. The van der Waals surface area contributed by atoms with E-state index in [1.54, 1.807) is 42.5 Å². The van der Waals surface area contributed by atoms with Gasteiger partial charge in [0.1, 0.15) is 29.2 Å². The van der Waals surface area contributed by atoms with E-state index in [4.69, 9.17) is 20.8 Å². The Bertz CT molecular complexity index is 1560. The molecule has 2 aromatic heterocycles. The summed E-state index contributed by atoms with van der Waals surface area (Å²) in [5, 5.41) is 10.9. The highest BCUT2D eigenvalue weighted by atomic mass is 35.5. The number of carbonyl (C=O) groups excluding carboxylic acids is 1. The lowest BCUT2D eigenvalue weighted by Crippen LogP contribution is -2.05. The number of hydrogen-bond acceptors (Lipinski definition) is 6. The molecule has 0 saturated carbocycles. The Balaban J connectivity index is 1.29. The van der Waals surface area contributed by atoms with Gasteiger partial charge in [-0.2, -0.15) is 5.26 Å². The Morgan fingerprint density at radius 2 is 1.80 bits per heavy atom. The van der Waals surface area contributed by atoms with Crippen molar-refractivity contribution in [3.05, 3.63) is 112 Å². The number of esters is 1. The molecular formula is C28H17ClN2O3S. The first kappa shape index (κ1) is 22.6. The number of para-hydroxylation sites is 1. The van der Waals surface area contributed by atoms with Gasteiger partial charge in [-0.25, -0.2) is 9.78 Å². The van der Waals surface area contributed by atoms with Crippen LogP contribution in [-0.2, 0) is 11.3 Å². The molecule has 0 aliphatic carbocycles. The van der Waals surface area contributed by atoms with Crippen LogP contribution in [0.1, 0.15) is 26.7 Å². The van der Waals surface area contributed by atoms with E-state index in [-0.39, 0.29) is 6.61 Å². The summed E-state index contributed by atoms with van der Waals surface area (Å²) in [6.45, 7) is 0.101. The van der Waals surface area contributed by atoms with E-state index < -0.39 is 5.97 Å². The predicted molar refractivity (Wildman–Crippen MR) is 138 cm³/mol. The largest absolute Gasteiger partial charge is 0.457 e. The molecule has 0 aliphatic heterocycles. The Labute approximate surface area is 210 Å². The van der Waals surface area contributed by atoms with Crippen LogP contribution >= 0.6 is 22.9 Å². The second-order valence-corrected chi connectivity index (χ2v) is 9.04. The van der Waals surface area contributed by atoms with Crippen LogP contribution in [0.5, 0.6) is 0 Å². The van der Waals surface area contributed by atoms with Crippen LogP contribution in [0.2, 0.25) is 5.02 Å². The average Bonchev–Trinajstić information content (AvgIpc) is 3.54. The minimum absolute atomic E-state index is 0.101. The zero-order valence-corrected chi connectivity index (χ0v) is 19.8. The first-order valence-corrected chi connectivity index (χ1v) is 11.9. The highest BCUT2D eigenvalue weighted by molar-refractivity contribution is 7.19. The molecule has 0 atom stereocenters. The first-order chi connectivity index (χ1) is 17.1. The number of rotatable bonds is 6. The molecule has 0 spiro atoms. The minimum Gasteiger partial charge on any atom is -0.457 e. The normalized spacial score (nSPS) is 11.4. The summed E-state index contributed by atoms with van der Waals surface area (Å²) in [7, 11) is 0. The van der Waals surface area contributed by atoms with Crippen LogP contribution in [0.4, 0.5) is 0 Å². The van der Waals surface area contributed by atoms with Crippen molar-refractivity contribution >= 4 is 50.8 Å². The monoisotopic (exact) mass is 496 g/mol. The van der Waals surface area contributed by atoms with Crippen molar-refractivity contribution in [1.29, 1.82) is 5.26 Å². The van der Waals surface area contributed by atoms with E-state index in [0.29, 0.717) is 32.7 Å². The van der Waals surface area contributed by atoms with Crippen LogP contribution in [0.15, 0.2) is 89.3 Å². The van der Waals surface area contributed by atoms with Gasteiger partial charge in [0.2, 0.25) is 0 Å². The molecule has 0 amide bonds. The van der Waals surface area contributed by atoms with Crippen LogP contribution in [0.3, 0.4) is 0 Å². The molecule has 5 nitrogen and oxygen atoms in total. The number of carbonyl (C=O) groups is 1. The third-order valence-corrected chi connectivity index (χ3v) is 6.72. The number of nitriles is 1. The summed E-state index contributed by atoms with van der Waals surface area (Å²) in [6.07, 6.45) is 1.68. The molecule has 0 N–H and O–H groups in total. The lowest BCUT2D eigenvalue weighted by atomic mass is 10.1. The van der Waals surface area contributed by atoms with Crippen molar-refractivity contribution < 1.29 is 13.9 Å². The molecule has 0 fully saturated rings. The Morgan fingerprint density at radius 1 is 1.03 bits per heavy atom. The smallest absolute Gasteiger partial charge is 0.338 e. The number of ether oxygens (including phenoxy) is 1. The van der Waals surface area contributed by atoms with E-state index in [1.165, 1.54) is 11.3 Å². The topological polar surface area (TPSA) is 76.1 Å². The fraction of sp³-hybridized carbons (Fsp3) is 0.0357. The maximum absolute atomic E-state index is 12.4. The number of aromatic nitrogens is 1. The highest BCUT2D eigenvalue weighted by Crippen LogP contribution is 2.30. The van der Waals surface area contributed by atoms with Gasteiger partial charge in [-0.1, -0.05) is 54.1 Å². The fourth-order valence-corrected chi connectivity index (χ4v) is 4.59. The van der Waals surface area contributed by atoms with Gasteiger partial charge in [-0.15, -0.1) is 11.3 Å². The van der Waals surface area contributed by atoms with Crippen LogP contribution in [0.25, 0.3) is 33.2 Å². The van der Waals surface area contributed by atoms with Crippen LogP contribution in [0, 0.1) is 11.3 Å². The second kappa shape index (κ2) is 9.98. The number of furan rings is 1. The number of halogens is 1. The van der Waals surface area contributed by atoms with Gasteiger partial charge < -0.3 is 9.15 Å². The van der Waals surface area contributed by atoms with Gasteiger partial charge in [0.25, 0.3) is 0 Å². The standard InChI is InChI=1S/C28H17ClN2O3S/c29-23-6-2-1-5-20(23)17-33-28(32)19-11-9-18(10-12-19)25-14-13-22(34-25)15-21(16-30)27-31-24-7-3-4-8-26(24)35-27/h1-15H,17H2/b21-15-. The van der Waals surface area contributed by atoms with E-state index in [2.05, 4.69) is 11.1 Å². The van der Waals surface area contributed by atoms with E-state index in [1.807, 2.05) is 48.5 Å². The van der Waals surface area contributed by atoms with Crippen LogP contribution < -0.4 is 0 Å². The summed E-state index contributed by atoms with van der Waals surface area (Å²) in [4.78, 5) is 16.9. The summed E-state index contributed by atoms with van der Waals surface area (Å²) in [6, 6.07) is 27.8. The Morgan fingerprint density at radius 3 is 2.57 bits per heavy atom. The van der Waals surface area contributed by atoms with Gasteiger partial charge >= 0.3 is 5.97 Å². The molecule has 170 valence electrons. The van der Waals surface area contributed by atoms with Crippen molar-refractivity contribution in [2.24, 2.45) is 0 Å². The number of fused-ring (bicyclic) bond motifs is 1. The van der Waals surface area contributed by atoms with Gasteiger partial charge in [-0.05, 0) is 42.5 Å². The first-order valence-electron chi connectivity index (χ1n) is 10.7. The lowest BCUT2D eigenvalue weighted by Gasteiger charge is -2.07. The quantitative estimate of drug-likeness (QED) is 0.178. The van der Waals surface area contributed by atoms with Gasteiger partial charge in [-0.3, -0.25) is 0 Å². The van der Waals surface area contributed by atoms with Crippen molar-refractivity contribution in [1.82, 2.24) is 4.98 Å². The molecule has 35 heavy (non-hydrogen) atoms. The van der Waals surface area contributed by atoms with Crippen molar-refractivity contribution in [3.8, 4) is 17.4 Å². The van der Waals surface area contributed by atoms with Crippen molar-refractivity contribution in [3.63, 3.8) is 0 Å². The van der Waals surface area contributed by atoms with E-state index in [0.717, 1.165) is 21.3 Å². The molecule has 0 saturated heterocycles. The number of benzene rings is 3. The molecule has 0 unspecified atom stereocenters. The number of allylic oxidation sites excluding steroid dienone is 1. The third kappa shape index (κ3) is 5.02. The molecule has 5 rings (SSSR count). The third-order valence-electron chi connectivity index (χ3n) is 5.28.